The highest BCUT2D eigenvalue weighted by Gasteiger charge is 2.21. The van der Waals surface area contributed by atoms with Crippen LogP contribution in [0.3, 0.4) is 0 Å². The van der Waals surface area contributed by atoms with Crippen molar-refractivity contribution in [2.45, 2.75) is 13.3 Å². The summed E-state index contributed by atoms with van der Waals surface area (Å²) in [5.74, 6) is 0.852. The Kier molecular flexibility index (Phi) is 5.69. The second kappa shape index (κ2) is 8.39. The van der Waals surface area contributed by atoms with E-state index in [1.165, 1.54) is 4.68 Å². The van der Waals surface area contributed by atoms with E-state index in [2.05, 4.69) is 25.1 Å². The minimum absolute atomic E-state index is 0.157. The van der Waals surface area contributed by atoms with Crippen LogP contribution in [0, 0.1) is 6.92 Å². The summed E-state index contributed by atoms with van der Waals surface area (Å²) < 4.78 is 1.28. The summed E-state index contributed by atoms with van der Waals surface area (Å²) in [4.78, 5) is 17.2. The van der Waals surface area contributed by atoms with Gasteiger partial charge in [-0.2, -0.15) is 14.9 Å². The van der Waals surface area contributed by atoms with Crippen LogP contribution >= 0.6 is 23.2 Å². The third-order valence-corrected chi connectivity index (χ3v) is 5.78. The van der Waals surface area contributed by atoms with Crippen LogP contribution in [0.25, 0.3) is 5.69 Å². The number of nitrogens with zero attached hydrogens (tertiary/aromatic N) is 6. The zero-order valence-corrected chi connectivity index (χ0v) is 17.4. The van der Waals surface area contributed by atoms with Crippen LogP contribution in [0.15, 0.2) is 47.5 Å². The van der Waals surface area contributed by atoms with Crippen LogP contribution in [0.2, 0.25) is 10.0 Å². The van der Waals surface area contributed by atoms with Crippen molar-refractivity contribution in [2.75, 3.05) is 36.0 Å². The zero-order valence-electron chi connectivity index (χ0n) is 15.9. The molecule has 1 fully saturated rings. The SMILES string of the molecule is Cc1ccc(-n2ncc(N3CCCN(c4cccnn4)CC3)c(Cl)c2=O)cc1Cl. The van der Waals surface area contributed by atoms with E-state index >= 15 is 0 Å². The molecule has 0 radical (unpaired) electrons. The summed E-state index contributed by atoms with van der Waals surface area (Å²) in [6.45, 7) is 5.00. The molecule has 1 aliphatic heterocycles. The van der Waals surface area contributed by atoms with Crippen molar-refractivity contribution in [3.63, 3.8) is 0 Å². The van der Waals surface area contributed by atoms with E-state index in [0.29, 0.717) is 22.9 Å². The lowest BCUT2D eigenvalue weighted by molar-refractivity contribution is 0.773. The molecule has 2 aromatic heterocycles. The molecule has 9 heteroatoms. The fraction of sp³-hybridized carbons (Fsp3) is 0.300. The molecule has 0 bridgehead atoms. The standard InChI is InChI=1S/C20H20Cl2N6O/c1-14-5-6-15(12-16(14)21)28-20(29)19(22)17(13-24-28)26-8-3-9-27(11-10-26)18-4-2-7-23-25-18/h2,4-7,12-13H,3,8-11H2,1H3. The lowest BCUT2D eigenvalue weighted by Crippen LogP contribution is -2.33. The molecule has 0 saturated carbocycles. The number of hydrogen-bond acceptors (Lipinski definition) is 6. The molecule has 0 spiro atoms. The Morgan fingerprint density at radius 1 is 1.03 bits per heavy atom. The molecule has 0 atom stereocenters. The molecule has 150 valence electrons. The fourth-order valence-corrected chi connectivity index (χ4v) is 3.81. The topological polar surface area (TPSA) is 67.2 Å². The minimum atomic E-state index is -0.362. The van der Waals surface area contributed by atoms with Crippen LogP contribution < -0.4 is 15.4 Å². The lowest BCUT2D eigenvalue weighted by atomic mass is 10.2. The molecule has 4 rings (SSSR count). The molecular weight excluding hydrogens is 411 g/mol. The Morgan fingerprint density at radius 3 is 2.59 bits per heavy atom. The van der Waals surface area contributed by atoms with Crippen LogP contribution in [0.1, 0.15) is 12.0 Å². The van der Waals surface area contributed by atoms with Crippen LogP contribution in [-0.2, 0) is 0 Å². The van der Waals surface area contributed by atoms with Crippen molar-refractivity contribution in [2.24, 2.45) is 0 Å². The first-order chi connectivity index (χ1) is 14.0. The largest absolute Gasteiger partial charge is 0.367 e. The highest BCUT2D eigenvalue weighted by molar-refractivity contribution is 6.33. The van der Waals surface area contributed by atoms with Gasteiger partial charge in [-0.25, -0.2) is 0 Å². The maximum Gasteiger partial charge on any atom is 0.292 e. The smallest absolute Gasteiger partial charge is 0.292 e. The number of rotatable bonds is 3. The van der Waals surface area contributed by atoms with E-state index in [4.69, 9.17) is 23.2 Å². The van der Waals surface area contributed by atoms with Crippen LogP contribution in [0.4, 0.5) is 11.5 Å². The first-order valence-corrected chi connectivity index (χ1v) is 10.1. The van der Waals surface area contributed by atoms with Gasteiger partial charge in [0.15, 0.2) is 5.82 Å². The molecule has 1 aliphatic rings. The monoisotopic (exact) mass is 430 g/mol. The molecule has 0 amide bonds. The average molecular weight is 431 g/mol. The maximum atomic E-state index is 12.9. The summed E-state index contributed by atoms with van der Waals surface area (Å²) in [7, 11) is 0. The van der Waals surface area contributed by atoms with Crippen molar-refractivity contribution in [1.29, 1.82) is 0 Å². The molecule has 3 heterocycles. The number of aryl methyl sites for hydroxylation is 1. The van der Waals surface area contributed by atoms with E-state index < -0.39 is 0 Å². The molecule has 0 N–H and O–H groups in total. The normalized spacial score (nSPS) is 14.7. The van der Waals surface area contributed by atoms with E-state index in [1.54, 1.807) is 24.5 Å². The van der Waals surface area contributed by atoms with Gasteiger partial charge in [-0.1, -0.05) is 29.3 Å². The van der Waals surface area contributed by atoms with E-state index in [9.17, 15) is 4.79 Å². The molecule has 7 nitrogen and oxygen atoms in total. The van der Waals surface area contributed by atoms with Gasteiger partial charge in [0.1, 0.15) is 5.02 Å². The summed E-state index contributed by atoms with van der Waals surface area (Å²) in [5.41, 5.74) is 1.80. The Labute approximate surface area is 178 Å². The third-order valence-electron chi connectivity index (χ3n) is 5.02. The van der Waals surface area contributed by atoms with Gasteiger partial charge in [0, 0.05) is 37.4 Å². The minimum Gasteiger partial charge on any atom is -0.367 e. The van der Waals surface area contributed by atoms with E-state index in [-0.39, 0.29) is 10.6 Å². The van der Waals surface area contributed by atoms with Gasteiger partial charge in [-0.3, -0.25) is 4.79 Å². The van der Waals surface area contributed by atoms with Gasteiger partial charge in [-0.05, 0) is 43.2 Å². The van der Waals surface area contributed by atoms with Gasteiger partial charge < -0.3 is 9.80 Å². The summed E-state index contributed by atoms with van der Waals surface area (Å²) in [6.07, 6.45) is 4.22. The first kappa shape index (κ1) is 19.7. The quantitative estimate of drug-likeness (QED) is 0.634. The number of anilines is 2. The molecule has 29 heavy (non-hydrogen) atoms. The highest BCUT2D eigenvalue weighted by atomic mass is 35.5. The molecule has 3 aromatic rings. The predicted molar refractivity (Wildman–Crippen MR) is 116 cm³/mol. The van der Waals surface area contributed by atoms with Crippen molar-refractivity contribution in [3.8, 4) is 5.69 Å². The Morgan fingerprint density at radius 2 is 1.83 bits per heavy atom. The fourth-order valence-electron chi connectivity index (χ4n) is 3.39. The second-order valence-electron chi connectivity index (χ2n) is 6.90. The maximum absolute atomic E-state index is 12.9. The van der Waals surface area contributed by atoms with Gasteiger partial charge in [0.25, 0.3) is 5.56 Å². The van der Waals surface area contributed by atoms with Crippen molar-refractivity contribution in [3.05, 3.63) is 68.7 Å². The van der Waals surface area contributed by atoms with Crippen molar-refractivity contribution in [1.82, 2.24) is 20.0 Å². The third kappa shape index (κ3) is 4.06. The molecule has 1 saturated heterocycles. The van der Waals surface area contributed by atoms with Crippen molar-refractivity contribution >= 4 is 34.7 Å². The number of halogens is 2. The Hall–Kier alpha value is -2.64. The van der Waals surface area contributed by atoms with Gasteiger partial charge in [-0.15, -0.1) is 5.10 Å². The summed E-state index contributed by atoms with van der Waals surface area (Å²) in [5, 5.41) is 13.2. The Bertz CT molecular complexity index is 1070. The van der Waals surface area contributed by atoms with Crippen molar-refractivity contribution < 1.29 is 0 Å². The second-order valence-corrected chi connectivity index (χ2v) is 7.69. The van der Waals surface area contributed by atoms with Gasteiger partial charge in [0.05, 0.1) is 17.6 Å². The number of benzene rings is 1. The lowest BCUT2D eigenvalue weighted by Gasteiger charge is -2.24. The summed E-state index contributed by atoms with van der Waals surface area (Å²) >= 11 is 12.7. The van der Waals surface area contributed by atoms with Crippen LogP contribution in [-0.4, -0.2) is 46.2 Å². The van der Waals surface area contributed by atoms with Gasteiger partial charge in [0.2, 0.25) is 0 Å². The average Bonchev–Trinajstić information content (AvgIpc) is 2.99. The molecule has 0 aliphatic carbocycles. The van der Waals surface area contributed by atoms with Gasteiger partial charge >= 0.3 is 0 Å². The number of aromatic nitrogens is 4. The van der Waals surface area contributed by atoms with Crippen LogP contribution in [0.5, 0.6) is 0 Å². The predicted octanol–water partition coefficient (Wildman–Crippen LogP) is 3.35. The Balaban J connectivity index is 1.58. The number of hydrogen-bond donors (Lipinski definition) is 0. The summed E-state index contributed by atoms with van der Waals surface area (Å²) in [6, 6.07) is 9.19. The first-order valence-electron chi connectivity index (χ1n) is 9.36. The molecule has 1 aromatic carbocycles. The van der Waals surface area contributed by atoms with E-state index in [1.807, 2.05) is 25.1 Å². The molecule has 0 unspecified atom stereocenters. The highest BCUT2D eigenvalue weighted by Crippen LogP contribution is 2.25. The zero-order chi connectivity index (χ0) is 20.4. The molecular formula is C20H20Cl2N6O. The van der Waals surface area contributed by atoms with E-state index in [0.717, 1.165) is 37.4 Å².